The van der Waals surface area contributed by atoms with Crippen LogP contribution in [-0.4, -0.2) is 30.9 Å². The van der Waals surface area contributed by atoms with Gasteiger partial charge in [-0.1, -0.05) is 18.0 Å². The molecule has 0 bridgehead atoms. The molecule has 0 saturated heterocycles. The molecule has 3 N–H and O–H groups in total. The number of amides is 1. The van der Waals surface area contributed by atoms with Crippen molar-refractivity contribution in [3.63, 3.8) is 0 Å². The van der Waals surface area contributed by atoms with E-state index in [0.29, 0.717) is 0 Å². The Labute approximate surface area is 157 Å². The smallest absolute Gasteiger partial charge is 0.405 e. The SMILES string of the molecule is O=C(O)NC(c1nc2c(Cl)cc(F)cc2c(=O)n1-c1cc[nH]n1)C1CCC1. The van der Waals surface area contributed by atoms with Gasteiger partial charge in [0, 0.05) is 12.3 Å². The fourth-order valence-electron chi connectivity index (χ4n) is 3.34. The predicted molar refractivity (Wildman–Crippen MR) is 95.7 cm³/mol. The summed E-state index contributed by atoms with van der Waals surface area (Å²) in [5.74, 6) is -0.247. The lowest BCUT2D eigenvalue weighted by Gasteiger charge is -2.34. The van der Waals surface area contributed by atoms with Gasteiger partial charge >= 0.3 is 6.09 Å². The zero-order valence-electron chi connectivity index (χ0n) is 13.9. The third-order valence-electron chi connectivity index (χ3n) is 4.81. The van der Waals surface area contributed by atoms with Crippen LogP contribution in [-0.2, 0) is 0 Å². The lowest BCUT2D eigenvalue weighted by molar-refractivity contribution is 0.167. The van der Waals surface area contributed by atoms with Crippen LogP contribution in [0.15, 0.2) is 29.2 Å². The minimum Gasteiger partial charge on any atom is -0.465 e. The number of halogens is 2. The Morgan fingerprint density at radius 1 is 1.44 bits per heavy atom. The Morgan fingerprint density at radius 3 is 2.81 bits per heavy atom. The molecular formula is C17H15ClFN5O3. The molecule has 4 rings (SSSR count). The molecule has 1 unspecified atom stereocenters. The molecule has 1 atom stereocenters. The van der Waals surface area contributed by atoms with Gasteiger partial charge in [0.2, 0.25) is 0 Å². The molecule has 10 heteroatoms. The molecule has 1 saturated carbocycles. The minimum atomic E-state index is -1.22. The molecule has 1 amide bonds. The van der Waals surface area contributed by atoms with Gasteiger partial charge in [-0.15, -0.1) is 0 Å². The van der Waals surface area contributed by atoms with Crippen LogP contribution in [0.4, 0.5) is 9.18 Å². The Kier molecular flexibility index (Phi) is 4.31. The number of hydrogen-bond acceptors (Lipinski definition) is 4. The molecule has 8 nitrogen and oxygen atoms in total. The lowest BCUT2D eigenvalue weighted by atomic mass is 9.79. The van der Waals surface area contributed by atoms with E-state index in [1.54, 1.807) is 6.07 Å². The third-order valence-corrected chi connectivity index (χ3v) is 5.10. The lowest BCUT2D eigenvalue weighted by Crippen LogP contribution is -2.40. The quantitative estimate of drug-likeness (QED) is 0.632. The van der Waals surface area contributed by atoms with Gasteiger partial charge in [0.15, 0.2) is 5.82 Å². The number of hydrogen-bond donors (Lipinski definition) is 3. The number of carboxylic acid groups (broad SMARTS) is 1. The number of nitrogens with one attached hydrogen (secondary N) is 2. The van der Waals surface area contributed by atoms with E-state index in [-0.39, 0.29) is 33.5 Å². The molecule has 1 aliphatic rings. The van der Waals surface area contributed by atoms with Crippen LogP contribution in [0.25, 0.3) is 16.7 Å². The van der Waals surface area contributed by atoms with Gasteiger partial charge in [0.1, 0.15) is 11.6 Å². The number of aromatic amines is 1. The molecule has 0 radical (unpaired) electrons. The van der Waals surface area contributed by atoms with Crippen LogP contribution in [0.3, 0.4) is 0 Å². The van der Waals surface area contributed by atoms with Crippen molar-refractivity contribution in [3.05, 3.63) is 51.4 Å². The summed E-state index contributed by atoms with van der Waals surface area (Å²) in [6, 6.07) is 2.97. The first kappa shape index (κ1) is 17.5. The standard InChI is InChI=1S/C17H15ClFN5O3/c18-11-7-9(19)6-10-14(11)21-15(13(22-17(26)27)8-2-1-3-8)24(16(10)25)12-4-5-20-23-12/h4-8,13,22H,1-3H2,(H,20,23)(H,26,27). The van der Waals surface area contributed by atoms with Gasteiger partial charge < -0.3 is 10.4 Å². The summed E-state index contributed by atoms with van der Waals surface area (Å²) >= 11 is 6.11. The molecule has 0 spiro atoms. The van der Waals surface area contributed by atoms with Crippen molar-refractivity contribution in [2.75, 3.05) is 0 Å². The monoisotopic (exact) mass is 391 g/mol. The first-order chi connectivity index (χ1) is 13.0. The Bertz CT molecular complexity index is 1080. The maximum Gasteiger partial charge on any atom is 0.405 e. The zero-order valence-corrected chi connectivity index (χ0v) is 14.7. The Hall–Kier alpha value is -2.94. The summed E-state index contributed by atoms with van der Waals surface area (Å²) in [7, 11) is 0. The second-order valence-electron chi connectivity index (χ2n) is 6.44. The molecule has 1 fully saturated rings. The maximum atomic E-state index is 13.8. The first-order valence-corrected chi connectivity index (χ1v) is 8.75. The number of fused-ring (bicyclic) bond motifs is 1. The average Bonchev–Trinajstić information content (AvgIpc) is 3.06. The molecule has 27 heavy (non-hydrogen) atoms. The van der Waals surface area contributed by atoms with E-state index in [0.717, 1.165) is 31.4 Å². The van der Waals surface area contributed by atoms with Gasteiger partial charge in [-0.25, -0.2) is 18.7 Å². The number of carbonyl (C=O) groups is 1. The summed E-state index contributed by atoms with van der Waals surface area (Å²) in [5, 5.41) is 18.4. The Balaban J connectivity index is 2.04. The van der Waals surface area contributed by atoms with Crippen molar-refractivity contribution in [1.82, 2.24) is 25.1 Å². The van der Waals surface area contributed by atoms with E-state index in [4.69, 9.17) is 11.6 Å². The predicted octanol–water partition coefficient (Wildman–Crippen LogP) is 3.01. The molecular weight excluding hydrogens is 377 g/mol. The van der Waals surface area contributed by atoms with Crippen LogP contribution >= 0.6 is 11.6 Å². The van der Waals surface area contributed by atoms with Crippen molar-refractivity contribution < 1.29 is 14.3 Å². The van der Waals surface area contributed by atoms with Crippen molar-refractivity contribution in [3.8, 4) is 5.82 Å². The van der Waals surface area contributed by atoms with Crippen molar-refractivity contribution >= 4 is 28.6 Å². The van der Waals surface area contributed by atoms with E-state index in [1.807, 2.05) is 0 Å². The first-order valence-electron chi connectivity index (χ1n) is 8.37. The van der Waals surface area contributed by atoms with Crippen LogP contribution in [0, 0.1) is 11.7 Å². The highest BCUT2D eigenvalue weighted by Gasteiger charge is 2.34. The van der Waals surface area contributed by atoms with Gasteiger partial charge in [0.25, 0.3) is 5.56 Å². The van der Waals surface area contributed by atoms with Crippen LogP contribution in [0.1, 0.15) is 31.1 Å². The van der Waals surface area contributed by atoms with Crippen molar-refractivity contribution in [1.29, 1.82) is 0 Å². The molecule has 140 valence electrons. The number of H-pyrrole nitrogens is 1. The number of nitrogens with zero attached hydrogens (tertiary/aromatic N) is 3. The molecule has 1 aromatic carbocycles. The second-order valence-corrected chi connectivity index (χ2v) is 6.85. The fourth-order valence-corrected chi connectivity index (χ4v) is 3.59. The topological polar surface area (TPSA) is 113 Å². The number of aromatic nitrogens is 4. The van der Waals surface area contributed by atoms with Gasteiger partial charge in [-0.3, -0.25) is 9.89 Å². The second kappa shape index (κ2) is 6.66. The van der Waals surface area contributed by atoms with E-state index in [2.05, 4.69) is 20.5 Å². The molecule has 1 aliphatic carbocycles. The van der Waals surface area contributed by atoms with E-state index < -0.39 is 23.5 Å². The largest absolute Gasteiger partial charge is 0.465 e. The summed E-state index contributed by atoms with van der Waals surface area (Å²) in [5.41, 5.74) is -0.443. The van der Waals surface area contributed by atoms with Crippen LogP contribution in [0.2, 0.25) is 5.02 Å². The zero-order chi connectivity index (χ0) is 19.1. The van der Waals surface area contributed by atoms with E-state index in [9.17, 15) is 19.1 Å². The normalized spacial score (nSPS) is 15.5. The van der Waals surface area contributed by atoms with Gasteiger partial charge in [0.05, 0.1) is 22.0 Å². The third kappa shape index (κ3) is 3.03. The maximum absolute atomic E-state index is 13.8. The van der Waals surface area contributed by atoms with E-state index in [1.165, 1.54) is 10.8 Å². The minimum absolute atomic E-state index is 0.00475. The van der Waals surface area contributed by atoms with Crippen molar-refractivity contribution in [2.45, 2.75) is 25.3 Å². The highest BCUT2D eigenvalue weighted by molar-refractivity contribution is 6.35. The van der Waals surface area contributed by atoms with Gasteiger partial charge in [-0.2, -0.15) is 5.10 Å². The summed E-state index contributed by atoms with van der Waals surface area (Å²) in [4.78, 5) is 29.0. The fraction of sp³-hybridized carbons (Fsp3) is 0.294. The summed E-state index contributed by atoms with van der Waals surface area (Å²) in [6.45, 7) is 0. The Morgan fingerprint density at radius 2 is 2.22 bits per heavy atom. The van der Waals surface area contributed by atoms with Gasteiger partial charge in [-0.05, 0) is 30.9 Å². The summed E-state index contributed by atoms with van der Waals surface area (Å²) < 4.78 is 15.0. The van der Waals surface area contributed by atoms with Crippen LogP contribution < -0.4 is 10.9 Å². The summed E-state index contributed by atoms with van der Waals surface area (Å²) in [6.07, 6.45) is 2.87. The van der Waals surface area contributed by atoms with E-state index >= 15 is 0 Å². The highest BCUT2D eigenvalue weighted by atomic mass is 35.5. The molecule has 3 aromatic rings. The highest BCUT2D eigenvalue weighted by Crippen LogP contribution is 2.38. The van der Waals surface area contributed by atoms with Crippen molar-refractivity contribution in [2.24, 2.45) is 5.92 Å². The molecule has 2 heterocycles. The molecule has 0 aliphatic heterocycles. The number of rotatable bonds is 4. The van der Waals surface area contributed by atoms with Crippen LogP contribution in [0.5, 0.6) is 0 Å². The molecule has 2 aromatic heterocycles. The number of benzene rings is 1. The average molecular weight is 392 g/mol.